The van der Waals surface area contributed by atoms with E-state index in [1.54, 1.807) is 43.5 Å². The van der Waals surface area contributed by atoms with Crippen LogP contribution < -0.4 is 14.8 Å². The third-order valence-corrected chi connectivity index (χ3v) is 4.58. The van der Waals surface area contributed by atoms with E-state index in [1.807, 2.05) is 36.4 Å². The fraction of sp³-hybridized carbons (Fsp3) is 0.130. The van der Waals surface area contributed by atoms with Gasteiger partial charge in [0, 0.05) is 11.3 Å². The smallest absolute Gasteiger partial charge is 0.339 e. The van der Waals surface area contributed by atoms with Crippen LogP contribution in [0.3, 0.4) is 0 Å². The van der Waals surface area contributed by atoms with Gasteiger partial charge in [-0.3, -0.25) is 4.79 Å². The molecule has 6 heteroatoms. The van der Waals surface area contributed by atoms with Gasteiger partial charge in [0.15, 0.2) is 11.5 Å². The van der Waals surface area contributed by atoms with Gasteiger partial charge in [-0.25, -0.2) is 4.79 Å². The molecule has 1 heterocycles. The lowest BCUT2D eigenvalue weighted by atomic mass is 10.0. The summed E-state index contributed by atoms with van der Waals surface area (Å²) in [7, 11) is 1.58. The van der Waals surface area contributed by atoms with Gasteiger partial charge >= 0.3 is 5.97 Å². The first-order valence-electron chi connectivity index (χ1n) is 9.15. The summed E-state index contributed by atoms with van der Waals surface area (Å²) in [5, 5.41) is 2.82. The molecule has 146 valence electrons. The zero-order chi connectivity index (χ0) is 20.2. The van der Waals surface area contributed by atoms with E-state index in [-0.39, 0.29) is 12.3 Å². The second-order valence-electron chi connectivity index (χ2n) is 6.51. The molecule has 6 nitrogen and oxygen atoms in total. The first-order chi connectivity index (χ1) is 14.1. The number of nitrogens with one attached hydrogen (secondary N) is 1. The molecule has 0 aromatic heterocycles. The number of para-hydroxylation sites is 2. The minimum Gasteiger partial charge on any atom is -0.493 e. The van der Waals surface area contributed by atoms with Crippen LogP contribution >= 0.6 is 0 Å². The number of carbonyl (C=O) groups is 2. The Hall–Kier alpha value is -3.80. The maximum absolute atomic E-state index is 12.4. The number of ether oxygens (including phenoxy) is 3. The molecule has 0 saturated carbocycles. The monoisotopic (exact) mass is 389 g/mol. The minimum atomic E-state index is -0.563. The predicted molar refractivity (Wildman–Crippen MR) is 107 cm³/mol. The number of methoxy groups -OCH3 is 1. The summed E-state index contributed by atoms with van der Waals surface area (Å²) in [6, 6.07) is 21.5. The van der Waals surface area contributed by atoms with Crippen LogP contribution in [-0.4, -0.2) is 19.0 Å². The van der Waals surface area contributed by atoms with Gasteiger partial charge in [-0.15, -0.1) is 0 Å². The van der Waals surface area contributed by atoms with Crippen LogP contribution in [0.2, 0.25) is 0 Å². The van der Waals surface area contributed by atoms with E-state index in [4.69, 9.17) is 14.2 Å². The third-order valence-electron chi connectivity index (χ3n) is 4.58. The lowest BCUT2D eigenvalue weighted by Crippen LogP contribution is -2.15. The Labute approximate surface area is 168 Å². The molecule has 29 heavy (non-hydrogen) atoms. The zero-order valence-corrected chi connectivity index (χ0v) is 15.8. The summed E-state index contributed by atoms with van der Waals surface area (Å²) in [6.07, 6.45) is -0.505. The number of carbonyl (C=O) groups excluding carboxylic acids is 2. The molecule has 1 amide bonds. The number of anilines is 1. The largest absolute Gasteiger partial charge is 0.493 e. The fourth-order valence-corrected chi connectivity index (χ4v) is 3.19. The summed E-state index contributed by atoms with van der Waals surface area (Å²) < 4.78 is 16.4. The Kier molecular flexibility index (Phi) is 5.16. The quantitative estimate of drug-likeness (QED) is 0.617. The Morgan fingerprint density at radius 2 is 1.66 bits per heavy atom. The van der Waals surface area contributed by atoms with Crippen molar-refractivity contribution >= 4 is 17.6 Å². The Bertz CT molecular complexity index is 1050. The first kappa shape index (κ1) is 18.6. The van der Waals surface area contributed by atoms with Crippen molar-refractivity contribution in [2.24, 2.45) is 0 Å². The number of hydrogen-bond donors (Lipinski definition) is 1. The average molecular weight is 389 g/mol. The van der Waals surface area contributed by atoms with Crippen LogP contribution in [0, 0.1) is 0 Å². The van der Waals surface area contributed by atoms with E-state index in [1.165, 1.54) is 0 Å². The van der Waals surface area contributed by atoms with Gasteiger partial charge in [0.2, 0.25) is 5.91 Å². The van der Waals surface area contributed by atoms with E-state index in [9.17, 15) is 9.59 Å². The van der Waals surface area contributed by atoms with Crippen molar-refractivity contribution in [2.75, 3.05) is 12.4 Å². The molecule has 1 N–H and O–H groups in total. The molecule has 4 rings (SSSR count). The van der Waals surface area contributed by atoms with Gasteiger partial charge in [-0.2, -0.15) is 0 Å². The minimum absolute atomic E-state index is 0.0578. The zero-order valence-electron chi connectivity index (χ0n) is 15.8. The van der Waals surface area contributed by atoms with Gasteiger partial charge in [-0.1, -0.05) is 30.3 Å². The average Bonchev–Trinajstić information content (AvgIpc) is 3.05. The van der Waals surface area contributed by atoms with Crippen molar-refractivity contribution in [1.82, 2.24) is 0 Å². The molecule has 0 saturated heterocycles. The molecule has 3 aromatic rings. The third kappa shape index (κ3) is 4.06. The lowest BCUT2D eigenvalue weighted by molar-refractivity contribution is -0.118. The number of esters is 1. The number of benzene rings is 3. The highest BCUT2D eigenvalue weighted by Gasteiger charge is 2.32. The second kappa shape index (κ2) is 8.06. The highest BCUT2D eigenvalue weighted by Crippen LogP contribution is 2.33. The van der Waals surface area contributed by atoms with Crippen molar-refractivity contribution < 1.29 is 23.8 Å². The van der Waals surface area contributed by atoms with E-state index in [0.29, 0.717) is 28.5 Å². The van der Waals surface area contributed by atoms with E-state index in [0.717, 1.165) is 5.56 Å². The van der Waals surface area contributed by atoms with Crippen molar-refractivity contribution in [2.45, 2.75) is 12.5 Å². The molecule has 0 aliphatic carbocycles. The van der Waals surface area contributed by atoms with E-state index < -0.39 is 12.1 Å². The molecule has 1 aliphatic rings. The maximum atomic E-state index is 12.4. The van der Waals surface area contributed by atoms with Crippen LogP contribution in [0.5, 0.6) is 17.2 Å². The SMILES string of the molecule is COc1ccccc1Oc1ccc(NC(=O)C[C@H]2OC(=O)c3ccccc32)cc1. The Morgan fingerprint density at radius 1 is 0.966 bits per heavy atom. The molecule has 1 atom stereocenters. The van der Waals surface area contributed by atoms with Crippen LogP contribution in [0.15, 0.2) is 72.8 Å². The molecule has 0 unspecified atom stereocenters. The fourth-order valence-electron chi connectivity index (χ4n) is 3.19. The standard InChI is InChI=1S/C23H19NO5/c1-27-19-8-4-5-9-20(19)28-16-12-10-15(11-13-16)24-22(25)14-21-17-6-2-3-7-18(17)23(26)29-21/h2-13,21H,14H2,1H3,(H,24,25)/t21-/m1/s1. The van der Waals surface area contributed by atoms with Crippen LogP contribution in [0.4, 0.5) is 5.69 Å². The Balaban J connectivity index is 1.38. The van der Waals surface area contributed by atoms with E-state index in [2.05, 4.69) is 5.32 Å². The summed E-state index contributed by atoms with van der Waals surface area (Å²) in [4.78, 5) is 24.3. The highest BCUT2D eigenvalue weighted by molar-refractivity contribution is 5.96. The number of hydrogen-bond acceptors (Lipinski definition) is 5. The van der Waals surface area contributed by atoms with Gasteiger partial charge in [0.25, 0.3) is 0 Å². The number of fused-ring (bicyclic) bond motifs is 1. The Morgan fingerprint density at radius 3 is 2.41 bits per heavy atom. The van der Waals surface area contributed by atoms with Crippen molar-refractivity contribution in [3.05, 3.63) is 83.9 Å². The van der Waals surface area contributed by atoms with Crippen molar-refractivity contribution in [1.29, 1.82) is 0 Å². The highest BCUT2D eigenvalue weighted by atomic mass is 16.5. The van der Waals surface area contributed by atoms with E-state index >= 15 is 0 Å². The molecule has 0 spiro atoms. The maximum Gasteiger partial charge on any atom is 0.339 e. The molecular formula is C23H19NO5. The summed E-state index contributed by atoms with van der Waals surface area (Å²) in [6.45, 7) is 0. The van der Waals surface area contributed by atoms with Crippen LogP contribution in [0.1, 0.15) is 28.4 Å². The number of amides is 1. The number of cyclic esters (lactones) is 1. The molecule has 1 aliphatic heterocycles. The van der Waals surface area contributed by atoms with Crippen LogP contribution in [-0.2, 0) is 9.53 Å². The van der Waals surface area contributed by atoms with Gasteiger partial charge in [-0.05, 0) is 42.5 Å². The number of rotatable bonds is 6. The summed E-state index contributed by atoms with van der Waals surface area (Å²) in [5.41, 5.74) is 1.89. The first-order valence-corrected chi connectivity index (χ1v) is 9.15. The molecule has 0 bridgehead atoms. The van der Waals surface area contributed by atoms with Crippen molar-refractivity contribution in [3.63, 3.8) is 0 Å². The second-order valence-corrected chi connectivity index (χ2v) is 6.51. The van der Waals surface area contributed by atoms with Gasteiger partial charge in [0.1, 0.15) is 11.9 Å². The molecule has 0 radical (unpaired) electrons. The van der Waals surface area contributed by atoms with Crippen LogP contribution in [0.25, 0.3) is 0 Å². The van der Waals surface area contributed by atoms with Gasteiger partial charge < -0.3 is 19.5 Å². The normalized spacial score (nSPS) is 14.7. The lowest BCUT2D eigenvalue weighted by Gasteiger charge is -2.12. The summed E-state index contributed by atoms with van der Waals surface area (Å²) in [5.74, 6) is 1.23. The molecule has 3 aromatic carbocycles. The predicted octanol–water partition coefficient (Wildman–Crippen LogP) is 4.73. The molecule has 0 fully saturated rings. The summed E-state index contributed by atoms with van der Waals surface area (Å²) >= 11 is 0. The van der Waals surface area contributed by atoms with Crippen molar-refractivity contribution in [3.8, 4) is 17.2 Å². The van der Waals surface area contributed by atoms with Gasteiger partial charge in [0.05, 0.1) is 19.1 Å². The topological polar surface area (TPSA) is 73.9 Å². The molecular weight excluding hydrogens is 370 g/mol.